The van der Waals surface area contributed by atoms with E-state index in [4.69, 9.17) is 4.74 Å². The highest BCUT2D eigenvalue weighted by molar-refractivity contribution is 5.76. The van der Waals surface area contributed by atoms with Gasteiger partial charge in [-0.05, 0) is 18.8 Å². The lowest BCUT2D eigenvalue weighted by atomic mass is 10.1. The lowest BCUT2D eigenvalue weighted by Gasteiger charge is -2.21. The summed E-state index contributed by atoms with van der Waals surface area (Å²) in [5, 5.41) is 3.17. The van der Waals surface area contributed by atoms with E-state index in [9.17, 15) is 4.79 Å². The maximum atomic E-state index is 11.9. The minimum atomic E-state index is -0.250. The van der Waals surface area contributed by atoms with E-state index in [2.05, 4.69) is 29.1 Å². The molecule has 0 amide bonds. The van der Waals surface area contributed by atoms with Crippen LogP contribution in [0.15, 0.2) is 6.33 Å². The van der Waals surface area contributed by atoms with Crippen molar-refractivity contribution < 1.29 is 9.53 Å². The second-order valence-electron chi connectivity index (χ2n) is 5.17. The Morgan fingerprint density at radius 2 is 2.44 bits per heavy atom. The van der Waals surface area contributed by atoms with Crippen LogP contribution in [0.4, 0.5) is 0 Å². The van der Waals surface area contributed by atoms with Crippen LogP contribution in [0.25, 0.3) is 0 Å². The van der Waals surface area contributed by atoms with Gasteiger partial charge in [-0.25, -0.2) is 4.98 Å². The van der Waals surface area contributed by atoms with Gasteiger partial charge in [0.05, 0.1) is 24.3 Å². The van der Waals surface area contributed by atoms with Crippen LogP contribution in [0.5, 0.6) is 0 Å². The van der Waals surface area contributed by atoms with Gasteiger partial charge in [-0.2, -0.15) is 0 Å². The summed E-state index contributed by atoms with van der Waals surface area (Å²) in [4.78, 5) is 19.1. The summed E-state index contributed by atoms with van der Waals surface area (Å²) in [5.41, 5.74) is 2.04. The summed E-state index contributed by atoms with van der Waals surface area (Å²) >= 11 is 0. The van der Waals surface area contributed by atoms with Gasteiger partial charge in [0, 0.05) is 13.0 Å². The van der Waals surface area contributed by atoms with E-state index in [1.54, 1.807) is 6.33 Å². The molecular weight excluding hydrogens is 230 g/mol. The molecule has 0 radical (unpaired) electrons. The lowest BCUT2D eigenvalue weighted by molar-refractivity contribution is -0.146. The Morgan fingerprint density at radius 1 is 1.61 bits per heavy atom. The Morgan fingerprint density at radius 3 is 3.22 bits per heavy atom. The Hall–Kier alpha value is -1.36. The molecule has 0 saturated carbocycles. The number of hydrogen-bond donors (Lipinski definition) is 2. The van der Waals surface area contributed by atoms with Crippen molar-refractivity contribution >= 4 is 5.97 Å². The van der Waals surface area contributed by atoms with E-state index >= 15 is 0 Å². The van der Waals surface area contributed by atoms with Crippen molar-refractivity contribution in [2.24, 2.45) is 5.92 Å². The highest BCUT2D eigenvalue weighted by atomic mass is 16.5. The normalized spacial score (nSPS) is 18.7. The standard InChI is InChI=1S/C13H21N3O2/c1-9(2)4-3-5-18-13(17)11-6-10-12(7-14-11)16-8-15-10/h8-9,11,14H,3-7H2,1-2H3,(H,15,16). The molecule has 0 saturated heterocycles. The topological polar surface area (TPSA) is 67.0 Å². The third kappa shape index (κ3) is 3.32. The molecule has 1 aromatic rings. The lowest BCUT2D eigenvalue weighted by Crippen LogP contribution is -2.43. The number of aromatic amines is 1. The number of nitrogens with zero attached hydrogens (tertiary/aromatic N) is 1. The molecule has 1 unspecified atom stereocenters. The molecule has 1 aliphatic heterocycles. The van der Waals surface area contributed by atoms with Crippen LogP contribution < -0.4 is 5.32 Å². The molecule has 18 heavy (non-hydrogen) atoms. The largest absolute Gasteiger partial charge is 0.465 e. The molecule has 0 aromatic carbocycles. The van der Waals surface area contributed by atoms with Crippen LogP contribution in [0.1, 0.15) is 38.1 Å². The van der Waals surface area contributed by atoms with Crippen LogP contribution in [-0.2, 0) is 22.5 Å². The fourth-order valence-electron chi connectivity index (χ4n) is 2.10. The number of ether oxygens (including phenoxy) is 1. The van der Waals surface area contributed by atoms with Gasteiger partial charge in [-0.3, -0.25) is 10.1 Å². The first kappa shape index (κ1) is 13.1. The first-order valence-electron chi connectivity index (χ1n) is 6.58. The minimum Gasteiger partial charge on any atom is -0.465 e. The first-order chi connectivity index (χ1) is 8.66. The highest BCUT2D eigenvalue weighted by Crippen LogP contribution is 2.13. The monoisotopic (exact) mass is 251 g/mol. The number of nitrogens with one attached hydrogen (secondary N) is 2. The SMILES string of the molecule is CC(C)CCCOC(=O)C1Cc2nc[nH]c2CN1. The summed E-state index contributed by atoms with van der Waals surface area (Å²) in [6.45, 7) is 5.51. The first-order valence-corrected chi connectivity index (χ1v) is 6.58. The maximum absolute atomic E-state index is 11.9. The number of esters is 1. The van der Waals surface area contributed by atoms with Crippen molar-refractivity contribution in [2.45, 2.75) is 45.7 Å². The van der Waals surface area contributed by atoms with E-state index in [-0.39, 0.29) is 12.0 Å². The fraction of sp³-hybridized carbons (Fsp3) is 0.692. The Bertz CT molecular complexity index is 401. The third-order valence-corrected chi connectivity index (χ3v) is 3.18. The summed E-state index contributed by atoms with van der Waals surface area (Å²) in [6, 6.07) is -0.250. The van der Waals surface area contributed by atoms with Crippen LogP contribution in [0.2, 0.25) is 0 Å². The fourth-order valence-corrected chi connectivity index (χ4v) is 2.10. The molecule has 1 atom stereocenters. The van der Waals surface area contributed by atoms with E-state index in [0.29, 0.717) is 25.5 Å². The molecule has 100 valence electrons. The Kier molecular flexibility index (Phi) is 4.36. The quantitative estimate of drug-likeness (QED) is 0.613. The Balaban J connectivity index is 1.74. The average molecular weight is 251 g/mol. The number of H-pyrrole nitrogens is 1. The number of imidazole rings is 1. The summed E-state index contributed by atoms with van der Waals surface area (Å²) in [6.07, 6.45) is 4.31. The van der Waals surface area contributed by atoms with Gasteiger partial charge >= 0.3 is 5.97 Å². The zero-order chi connectivity index (χ0) is 13.0. The van der Waals surface area contributed by atoms with Crippen LogP contribution in [-0.4, -0.2) is 28.6 Å². The van der Waals surface area contributed by atoms with Gasteiger partial charge in [0.25, 0.3) is 0 Å². The molecule has 2 rings (SSSR count). The van der Waals surface area contributed by atoms with Crippen LogP contribution in [0.3, 0.4) is 0 Å². The molecule has 5 nitrogen and oxygen atoms in total. The van der Waals surface area contributed by atoms with Crippen LogP contribution in [0, 0.1) is 5.92 Å². The number of carbonyl (C=O) groups excluding carboxylic acids is 1. The van der Waals surface area contributed by atoms with E-state index < -0.39 is 0 Å². The van der Waals surface area contributed by atoms with Gasteiger partial charge in [-0.1, -0.05) is 13.8 Å². The molecule has 2 heterocycles. The smallest absolute Gasteiger partial charge is 0.323 e. The number of aromatic nitrogens is 2. The molecule has 0 fully saturated rings. The third-order valence-electron chi connectivity index (χ3n) is 3.18. The second kappa shape index (κ2) is 6.00. The van der Waals surface area contributed by atoms with Crippen molar-refractivity contribution in [2.75, 3.05) is 6.61 Å². The summed E-state index contributed by atoms with van der Waals surface area (Å²) < 4.78 is 5.28. The predicted octanol–water partition coefficient (Wildman–Crippen LogP) is 1.40. The van der Waals surface area contributed by atoms with Gasteiger partial charge in [-0.15, -0.1) is 0 Å². The van der Waals surface area contributed by atoms with E-state index in [1.807, 2.05) is 0 Å². The zero-order valence-electron chi connectivity index (χ0n) is 11.0. The molecule has 5 heteroatoms. The van der Waals surface area contributed by atoms with Crippen molar-refractivity contribution in [1.82, 2.24) is 15.3 Å². The van der Waals surface area contributed by atoms with Crippen molar-refractivity contribution in [3.05, 3.63) is 17.7 Å². The minimum absolute atomic E-state index is 0.160. The van der Waals surface area contributed by atoms with E-state index in [0.717, 1.165) is 24.2 Å². The van der Waals surface area contributed by atoms with E-state index in [1.165, 1.54) is 0 Å². The van der Waals surface area contributed by atoms with Crippen LogP contribution >= 0.6 is 0 Å². The molecule has 1 aliphatic rings. The molecular formula is C13H21N3O2. The van der Waals surface area contributed by atoms with Crippen molar-refractivity contribution in [3.8, 4) is 0 Å². The number of carbonyl (C=O) groups is 1. The zero-order valence-corrected chi connectivity index (χ0v) is 11.0. The number of hydrogen-bond acceptors (Lipinski definition) is 4. The summed E-state index contributed by atoms with van der Waals surface area (Å²) in [5.74, 6) is 0.496. The van der Waals surface area contributed by atoms with Gasteiger partial charge in [0.2, 0.25) is 0 Å². The average Bonchev–Trinajstić information content (AvgIpc) is 2.81. The summed E-state index contributed by atoms with van der Waals surface area (Å²) in [7, 11) is 0. The molecule has 0 spiro atoms. The number of fused-ring (bicyclic) bond motifs is 1. The van der Waals surface area contributed by atoms with Gasteiger partial charge < -0.3 is 9.72 Å². The number of rotatable bonds is 5. The highest BCUT2D eigenvalue weighted by Gasteiger charge is 2.26. The Labute approximate surface area is 107 Å². The van der Waals surface area contributed by atoms with Crippen molar-refractivity contribution in [3.63, 3.8) is 0 Å². The maximum Gasteiger partial charge on any atom is 0.323 e. The van der Waals surface area contributed by atoms with Gasteiger partial charge in [0.1, 0.15) is 6.04 Å². The van der Waals surface area contributed by atoms with Gasteiger partial charge in [0.15, 0.2) is 0 Å². The van der Waals surface area contributed by atoms with Crippen molar-refractivity contribution in [1.29, 1.82) is 0 Å². The molecule has 0 aliphatic carbocycles. The second-order valence-corrected chi connectivity index (χ2v) is 5.17. The predicted molar refractivity (Wildman–Crippen MR) is 68.0 cm³/mol. The molecule has 0 bridgehead atoms. The molecule has 2 N–H and O–H groups in total. The molecule has 1 aromatic heterocycles.